The maximum atomic E-state index is 12.3. The summed E-state index contributed by atoms with van der Waals surface area (Å²) >= 11 is 0. The van der Waals surface area contributed by atoms with Crippen LogP contribution in [0.1, 0.15) is 30.1 Å². The van der Waals surface area contributed by atoms with Crippen molar-refractivity contribution in [2.24, 2.45) is 11.8 Å². The highest BCUT2D eigenvalue weighted by Gasteiger charge is 2.69. The first-order valence-electron chi connectivity index (χ1n) is 7.75. The van der Waals surface area contributed by atoms with E-state index in [-0.39, 0.29) is 31.1 Å². The van der Waals surface area contributed by atoms with E-state index in [2.05, 4.69) is 0 Å². The Morgan fingerprint density at radius 3 is 2.83 bits per heavy atom. The Labute approximate surface area is 133 Å². The van der Waals surface area contributed by atoms with Gasteiger partial charge in [0.05, 0.1) is 11.5 Å². The predicted molar refractivity (Wildman–Crippen MR) is 77.3 cm³/mol. The van der Waals surface area contributed by atoms with Crippen molar-refractivity contribution in [2.45, 2.75) is 37.4 Å². The van der Waals surface area contributed by atoms with Gasteiger partial charge in [0.25, 0.3) is 0 Å². The minimum atomic E-state index is -1.42. The molecule has 3 fully saturated rings. The van der Waals surface area contributed by atoms with Gasteiger partial charge in [-0.1, -0.05) is 18.2 Å². The number of fused-ring (bicyclic) bond motifs is 2. The van der Waals surface area contributed by atoms with E-state index in [4.69, 9.17) is 14.2 Å². The van der Waals surface area contributed by atoms with Gasteiger partial charge in [0.2, 0.25) is 0 Å². The van der Waals surface area contributed by atoms with E-state index in [1.807, 2.05) is 6.07 Å². The molecule has 4 rings (SSSR count). The Morgan fingerprint density at radius 1 is 1.35 bits per heavy atom. The summed E-state index contributed by atoms with van der Waals surface area (Å²) in [6.07, 6.45) is -0.418. The van der Waals surface area contributed by atoms with E-state index in [0.717, 1.165) is 0 Å². The molecule has 2 saturated heterocycles. The van der Waals surface area contributed by atoms with Crippen LogP contribution in [0.4, 0.5) is 0 Å². The zero-order chi connectivity index (χ0) is 16.2. The average Bonchev–Trinajstić information content (AvgIpc) is 2.69. The molecule has 3 aliphatic rings. The van der Waals surface area contributed by atoms with Crippen molar-refractivity contribution in [3.63, 3.8) is 0 Å². The molecule has 1 aromatic rings. The first-order valence-corrected chi connectivity index (χ1v) is 7.75. The Morgan fingerprint density at radius 2 is 2.09 bits per heavy atom. The second-order valence-corrected chi connectivity index (χ2v) is 6.70. The van der Waals surface area contributed by atoms with Crippen molar-refractivity contribution in [1.29, 1.82) is 0 Å². The molecule has 2 heterocycles. The lowest BCUT2D eigenvalue weighted by Gasteiger charge is -2.44. The van der Waals surface area contributed by atoms with Crippen LogP contribution >= 0.6 is 0 Å². The van der Waals surface area contributed by atoms with Gasteiger partial charge in [0.1, 0.15) is 18.0 Å². The molecular weight excluding hydrogens is 300 g/mol. The first-order chi connectivity index (χ1) is 10.9. The predicted octanol–water partition coefficient (Wildman–Crippen LogP) is 1.27. The quantitative estimate of drug-likeness (QED) is 0.845. The van der Waals surface area contributed by atoms with Crippen LogP contribution in [0, 0.1) is 11.8 Å². The smallest absolute Gasteiger partial charge is 0.338 e. The van der Waals surface area contributed by atoms with Crippen molar-refractivity contribution in [2.75, 3.05) is 6.61 Å². The summed E-state index contributed by atoms with van der Waals surface area (Å²) in [6, 6.07) is 8.67. The fourth-order valence-electron chi connectivity index (χ4n) is 3.79. The summed E-state index contributed by atoms with van der Waals surface area (Å²) in [5.74, 6) is -2.63. The zero-order valence-corrected chi connectivity index (χ0v) is 12.7. The topological polar surface area (TPSA) is 82.1 Å². The Balaban J connectivity index is 1.50. The third kappa shape index (κ3) is 2.13. The summed E-state index contributed by atoms with van der Waals surface area (Å²) < 4.78 is 16.8. The lowest BCUT2D eigenvalue weighted by Crippen LogP contribution is -2.59. The van der Waals surface area contributed by atoms with Crippen molar-refractivity contribution in [3.05, 3.63) is 35.9 Å². The van der Waals surface area contributed by atoms with Gasteiger partial charge in [0.15, 0.2) is 12.1 Å². The Bertz CT molecular complexity index is 658. The molecule has 0 radical (unpaired) electrons. The summed E-state index contributed by atoms with van der Waals surface area (Å²) in [6.45, 7) is 1.72. The summed E-state index contributed by atoms with van der Waals surface area (Å²) in [4.78, 5) is 24.4. The normalized spacial score (nSPS) is 41.1. The summed E-state index contributed by atoms with van der Waals surface area (Å²) in [5.41, 5.74) is -0.556. The Hall–Kier alpha value is -1.76. The van der Waals surface area contributed by atoms with Gasteiger partial charge in [-0.25, -0.2) is 4.79 Å². The van der Waals surface area contributed by atoms with Crippen LogP contribution in [0.25, 0.3) is 0 Å². The van der Waals surface area contributed by atoms with Crippen LogP contribution in [-0.4, -0.2) is 41.1 Å². The van der Waals surface area contributed by atoms with Crippen LogP contribution in [0.5, 0.6) is 0 Å². The number of ether oxygens (including phenoxy) is 3. The van der Waals surface area contributed by atoms with E-state index in [1.165, 1.54) is 0 Å². The molecule has 0 amide bonds. The number of carbonyl (C=O) groups excluding carboxylic acids is 2. The molecule has 1 aromatic carbocycles. The van der Waals surface area contributed by atoms with Gasteiger partial charge in [-0.2, -0.15) is 0 Å². The van der Waals surface area contributed by atoms with Gasteiger partial charge in [-0.3, -0.25) is 4.79 Å². The van der Waals surface area contributed by atoms with Crippen LogP contribution < -0.4 is 0 Å². The number of carbonyl (C=O) groups is 2. The van der Waals surface area contributed by atoms with Crippen molar-refractivity contribution >= 4 is 11.8 Å². The number of ketones is 1. The molecule has 0 aromatic heterocycles. The maximum absolute atomic E-state index is 12.3. The molecule has 6 nitrogen and oxygen atoms in total. The minimum absolute atomic E-state index is 0.0287. The van der Waals surface area contributed by atoms with Gasteiger partial charge in [0, 0.05) is 18.8 Å². The van der Waals surface area contributed by atoms with Gasteiger partial charge >= 0.3 is 5.97 Å². The highest BCUT2D eigenvalue weighted by molar-refractivity contribution is 5.89. The first kappa shape index (κ1) is 14.8. The van der Waals surface area contributed by atoms with E-state index >= 15 is 0 Å². The van der Waals surface area contributed by atoms with Gasteiger partial charge in [-0.05, 0) is 19.1 Å². The second kappa shape index (κ2) is 4.87. The summed E-state index contributed by atoms with van der Waals surface area (Å²) in [5, 5.41) is 10.6. The minimum Gasteiger partial charge on any atom is -0.462 e. The highest BCUT2D eigenvalue weighted by atomic mass is 16.8. The number of Topliss-reactive ketones (excluding diaryl/α,β-unsaturated/α-hetero) is 1. The largest absolute Gasteiger partial charge is 0.462 e. The molecule has 122 valence electrons. The van der Waals surface area contributed by atoms with Crippen LogP contribution in [0.15, 0.2) is 30.3 Å². The SMILES string of the molecule is C[C@]12CC(=O)[C@@H]3C[C@]1(O)O[C@H](O2)[C@H]3COC(=O)c1ccccc1. The fraction of sp³-hybridized carbons (Fsp3) is 0.529. The van der Waals surface area contributed by atoms with Gasteiger partial charge < -0.3 is 19.3 Å². The molecule has 1 saturated carbocycles. The van der Waals surface area contributed by atoms with E-state index in [0.29, 0.717) is 5.56 Å². The van der Waals surface area contributed by atoms with Crippen molar-refractivity contribution < 1.29 is 28.9 Å². The molecule has 23 heavy (non-hydrogen) atoms. The van der Waals surface area contributed by atoms with Crippen LogP contribution in [0.2, 0.25) is 0 Å². The fourth-order valence-corrected chi connectivity index (χ4v) is 3.79. The molecule has 0 unspecified atom stereocenters. The average molecular weight is 318 g/mol. The molecule has 2 aliphatic heterocycles. The molecule has 3 bridgehead atoms. The lowest BCUT2D eigenvalue weighted by atomic mass is 9.70. The van der Waals surface area contributed by atoms with E-state index in [9.17, 15) is 14.7 Å². The molecule has 1 N–H and O–H groups in total. The lowest BCUT2D eigenvalue weighted by molar-refractivity contribution is -0.271. The Kier molecular flexibility index (Phi) is 3.13. The number of esters is 1. The number of hydrogen-bond acceptors (Lipinski definition) is 6. The van der Waals surface area contributed by atoms with E-state index in [1.54, 1.807) is 31.2 Å². The van der Waals surface area contributed by atoms with Crippen molar-refractivity contribution in [1.82, 2.24) is 0 Å². The molecular formula is C17H18O6. The third-order valence-corrected chi connectivity index (χ3v) is 5.22. The second-order valence-electron chi connectivity index (χ2n) is 6.70. The van der Waals surface area contributed by atoms with Gasteiger partial charge in [-0.15, -0.1) is 0 Å². The van der Waals surface area contributed by atoms with Crippen molar-refractivity contribution in [3.8, 4) is 0 Å². The summed E-state index contributed by atoms with van der Waals surface area (Å²) in [7, 11) is 0. The number of aliphatic hydroxyl groups is 1. The number of benzene rings is 1. The molecule has 6 heteroatoms. The van der Waals surface area contributed by atoms with Crippen LogP contribution in [-0.2, 0) is 19.0 Å². The number of rotatable bonds is 3. The van der Waals surface area contributed by atoms with Crippen LogP contribution in [0.3, 0.4) is 0 Å². The monoisotopic (exact) mass is 318 g/mol. The maximum Gasteiger partial charge on any atom is 0.338 e. The molecule has 0 spiro atoms. The van der Waals surface area contributed by atoms with E-state index < -0.39 is 29.6 Å². The highest BCUT2D eigenvalue weighted by Crippen LogP contribution is 2.56. The number of hydrogen-bond donors (Lipinski definition) is 1. The standard InChI is InChI=1S/C17H18O6/c1-16-8-13(18)11-7-17(16,20)23-15(22-16)12(11)9-21-14(19)10-5-3-2-4-6-10/h2-6,11-12,15,20H,7-9H2,1H3/t11-,12+,15+,16+,17+/m1/s1. The third-order valence-electron chi connectivity index (χ3n) is 5.22. The molecule has 1 aliphatic carbocycles. The molecule has 5 atom stereocenters. The zero-order valence-electron chi connectivity index (χ0n) is 12.7.